The summed E-state index contributed by atoms with van der Waals surface area (Å²) in [5, 5.41) is 8.54. The van der Waals surface area contributed by atoms with Crippen molar-refractivity contribution in [2.24, 2.45) is 23.2 Å². The fourth-order valence-electron chi connectivity index (χ4n) is 5.55. The van der Waals surface area contributed by atoms with Crippen molar-refractivity contribution in [3.05, 3.63) is 11.9 Å². The van der Waals surface area contributed by atoms with Crippen molar-refractivity contribution in [2.75, 3.05) is 0 Å². The highest BCUT2D eigenvalue weighted by atomic mass is 79.9. The number of hydrogen-bond donors (Lipinski definition) is 0. The van der Waals surface area contributed by atoms with Crippen molar-refractivity contribution < 1.29 is 0 Å². The summed E-state index contributed by atoms with van der Waals surface area (Å²) in [4.78, 5) is 0.302. The van der Waals surface area contributed by atoms with E-state index < -0.39 is 0 Å². The third-order valence-corrected chi connectivity index (χ3v) is 6.47. The van der Waals surface area contributed by atoms with Crippen LogP contribution in [0, 0.1) is 23.2 Å². The third kappa shape index (κ3) is 2.34. The monoisotopic (exact) mass is 337 g/mol. The Morgan fingerprint density at radius 2 is 1.85 bits per heavy atom. The molecule has 0 amide bonds. The zero-order valence-electron chi connectivity index (χ0n) is 12.3. The summed E-state index contributed by atoms with van der Waals surface area (Å²) in [5.74, 6) is 3.15. The number of aryl methyl sites for hydroxylation is 1. The van der Waals surface area contributed by atoms with Crippen LogP contribution in [0.5, 0.6) is 0 Å². The van der Waals surface area contributed by atoms with Crippen molar-refractivity contribution >= 4 is 15.9 Å². The Hall–Kier alpha value is -0.380. The van der Waals surface area contributed by atoms with Crippen LogP contribution >= 0.6 is 15.9 Å². The molecule has 1 unspecified atom stereocenters. The highest BCUT2D eigenvalue weighted by molar-refractivity contribution is 9.09. The lowest BCUT2D eigenvalue weighted by molar-refractivity contribution is -0.0596. The van der Waals surface area contributed by atoms with Crippen LogP contribution in [0.2, 0.25) is 0 Å². The fourth-order valence-corrected chi connectivity index (χ4v) is 5.76. The van der Waals surface area contributed by atoms with Gasteiger partial charge in [0.1, 0.15) is 0 Å². The van der Waals surface area contributed by atoms with Gasteiger partial charge in [0.05, 0.1) is 10.5 Å². The molecular weight excluding hydrogens is 314 g/mol. The van der Waals surface area contributed by atoms with Crippen LogP contribution in [0.25, 0.3) is 0 Å². The van der Waals surface area contributed by atoms with E-state index >= 15 is 0 Å². The van der Waals surface area contributed by atoms with Crippen molar-refractivity contribution in [1.82, 2.24) is 15.0 Å². The van der Waals surface area contributed by atoms with Gasteiger partial charge in [-0.25, -0.2) is 0 Å². The maximum absolute atomic E-state index is 4.29. The van der Waals surface area contributed by atoms with E-state index in [0.29, 0.717) is 10.2 Å². The van der Waals surface area contributed by atoms with Crippen molar-refractivity contribution in [3.8, 4) is 0 Å². The molecule has 1 atom stereocenters. The summed E-state index contributed by atoms with van der Waals surface area (Å²) < 4.78 is 2.06. The van der Waals surface area contributed by atoms with E-state index in [0.717, 1.165) is 30.0 Å². The fraction of sp³-hybridized carbons (Fsp3) is 0.875. The minimum Gasteiger partial charge on any atom is -0.252 e. The van der Waals surface area contributed by atoms with Gasteiger partial charge in [-0.05, 0) is 75.0 Å². The molecule has 0 saturated heterocycles. The zero-order valence-corrected chi connectivity index (χ0v) is 13.8. The van der Waals surface area contributed by atoms with E-state index in [1.54, 1.807) is 0 Å². The molecule has 20 heavy (non-hydrogen) atoms. The second kappa shape index (κ2) is 4.82. The molecule has 0 spiro atoms. The first-order chi connectivity index (χ1) is 9.62. The van der Waals surface area contributed by atoms with Crippen molar-refractivity contribution in [1.29, 1.82) is 0 Å². The van der Waals surface area contributed by atoms with Gasteiger partial charge in [-0.1, -0.05) is 21.1 Å². The van der Waals surface area contributed by atoms with Crippen molar-refractivity contribution in [2.45, 2.75) is 63.2 Å². The SMILES string of the molecule is CC(Br)c1cn(CCC23CC4CC(CC(C4)C2)C3)nn1. The van der Waals surface area contributed by atoms with Gasteiger partial charge in [-0.2, -0.15) is 0 Å². The summed E-state index contributed by atoms with van der Waals surface area (Å²) in [6, 6.07) is 0. The van der Waals surface area contributed by atoms with Gasteiger partial charge in [0.2, 0.25) is 0 Å². The first kappa shape index (κ1) is 13.3. The predicted molar refractivity (Wildman–Crippen MR) is 82.6 cm³/mol. The van der Waals surface area contributed by atoms with Gasteiger partial charge in [0.15, 0.2) is 0 Å². The zero-order chi connectivity index (χ0) is 13.7. The van der Waals surface area contributed by atoms with Crippen LogP contribution in [0.15, 0.2) is 6.20 Å². The lowest BCUT2D eigenvalue weighted by Crippen LogP contribution is -2.46. The minimum atomic E-state index is 0.302. The minimum absolute atomic E-state index is 0.302. The first-order valence-electron chi connectivity index (χ1n) is 8.16. The number of aromatic nitrogens is 3. The lowest BCUT2D eigenvalue weighted by atomic mass is 9.49. The largest absolute Gasteiger partial charge is 0.252 e. The molecular formula is C16H24BrN3. The molecule has 0 aliphatic heterocycles. The van der Waals surface area contributed by atoms with E-state index in [2.05, 4.69) is 44.0 Å². The van der Waals surface area contributed by atoms with Gasteiger partial charge in [0.25, 0.3) is 0 Å². The highest BCUT2D eigenvalue weighted by Gasteiger charge is 2.50. The molecule has 4 fully saturated rings. The maximum Gasteiger partial charge on any atom is 0.0960 e. The van der Waals surface area contributed by atoms with E-state index in [1.165, 1.54) is 44.9 Å². The molecule has 0 radical (unpaired) electrons. The maximum atomic E-state index is 4.29. The molecule has 1 heterocycles. The quantitative estimate of drug-likeness (QED) is 0.765. The molecule has 1 aromatic rings. The van der Waals surface area contributed by atoms with Crippen LogP contribution in [0.4, 0.5) is 0 Å². The topological polar surface area (TPSA) is 30.7 Å². The number of hydrogen-bond acceptors (Lipinski definition) is 2. The first-order valence-corrected chi connectivity index (χ1v) is 9.08. The Morgan fingerprint density at radius 3 is 2.35 bits per heavy atom. The van der Waals surface area contributed by atoms with E-state index in [-0.39, 0.29) is 0 Å². The van der Waals surface area contributed by atoms with E-state index in [9.17, 15) is 0 Å². The lowest BCUT2D eigenvalue weighted by Gasteiger charge is -2.57. The highest BCUT2D eigenvalue weighted by Crippen LogP contribution is 2.61. The Labute approximate surface area is 129 Å². The Bertz CT molecular complexity index is 458. The second-order valence-electron chi connectivity index (χ2n) is 7.69. The van der Waals surface area contributed by atoms with Crippen LogP contribution in [-0.2, 0) is 6.54 Å². The Kier molecular flexibility index (Phi) is 3.21. The van der Waals surface area contributed by atoms with E-state index in [4.69, 9.17) is 0 Å². The number of nitrogens with zero attached hydrogens (tertiary/aromatic N) is 3. The average molecular weight is 338 g/mol. The summed E-state index contributed by atoms with van der Waals surface area (Å²) in [7, 11) is 0. The average Bonchev–Trinajstić information content (AvgIpc) is 2.84. The molecule has 0 aromatic carbocycles. The van der Waals surface area contributed by atoms with Gasteiger partial charge >= 0.3 is 0 Å². The Balaban J connectivity index is 1.43. The third-order valence-electron chi connectivity index (χ3n) is 6.00. The molecule has 4 bridgehead atoms. The van der Waals surface area contributed by atoms with Crippen LogP contribution in [0.1, 0.15) is 62.4 Å². The molecule has 4 saturated carbocycles. The number of halogens is 1. The summed E-state index contributed by atoms with van der Waals surface area (Å²) >= 11 is 3.56. The number of alkyl halides is 1. The molecule has 3 nitrogen and oxygen atoms in total. The standard InChI is InChI=1S/C16H24BrN3/c1-11(17)15-10-20(19-18-15)3-2-16-7-12-4-13(8-16)6-14(5-12)9-16/h10-14H,2-9H2,1H3. The molecule has 5 rings (SSSR count). The van der Waals surface area contributed by atoms with Gasteiger partial charge in [0, 0.05) is 12.7 Å². The molecule has 0 N–H and O–H groups in total. The summed E-state index contributed by atoms with van der Waals surface area (Å²) in [6.45, 7) is 3.16. The molecule has 4 heteroatoms. The van der Waals surface area contributed by atoms with Crippen molar-refractivity contribution in [3.63, 3.8) is 0 Å². The van der Waals surface area contributed by atoms with Gasteiger partial charge in [-0.3, -0.25) is 4.68 Å². The predicted octanol–water partition coefficient (Wildman–Crippen LogP) is 4.34. The Morgan fingerprint density at radius 1 is 1.25 bits per heavy atom. The summed E-state index contributed by atoms with van der Waals surface area (Å²) in [5.41, 5.74) is 1.71. The van der Waals surface area contributed by atoms with Crippen LogP contribution in [-0.4, -0.2) is 15.0 Å². The number of rotatable bonds is 4. The molecule has 4 aliphatic rings. The normalized spacial score (nSPS) is 40.2. The second-order valence-corrected chi connectivity index (χ2v) is 9.06. The summed E-state index contributed by atoms with van der Waals surface area (Å²) in [6.07, 6.45) is 12.5. The van der Waals surface area contributed by atoms with Gasteiger partial charge in [-0.15, -0.1) is 5.10 Å². The van der Waals surface area contributed by atoms with Crippen LogP contribution in [0.3, 0.4) is 0 Å². The smallest absolute Gasteiger partial charge is 0.0960 e. The van der Waals surface area contributed by atoms with Gasteiger partial charge < -0.3 is 0 Å². The molecule has 4 aliphatic carbocycles. The van der Waals surface area contributed by atoms with Crippen LogP contribution < -0.4 is 0 Å². The van der Waals surface area contributed by atoms with E-state index in [1.807, 2.05) is 0 Å². The molecule has 110 valence electrons. The molecule has 1 aromatic heterocycles.